The summed E-state index contributed by atoms with van der Waals surface area (Å²) in [6.45, 7) is 2.21. The number of nitrogens with zero attached hydrogens (tertiary/aromatic N) is 1. The van der Waals surface area contributed by atoms with Crippen LogP contribution in [0.25, 0.3) is 0 Å². The molecule has 0 saturated heterocycles. The van der Waals surface area contributed by atoms with E-state index in [-0.39, 0.29) is 23.6 Å². The highest BCUT2D eigenvalue weighted by atomic mass is 35.5. The van der Waals surface area contributed by atoms with Crippen molar-refractivity contribution in [2.45, 2.75) is 13.0 Å². The van der Waals surface area contributed by atoms with Crippen LogP contribution in [0.4, 0.5) is 5.69 Å². The predicted octanol–water partition coefficient (Wildman–Crippen LogP) is 3.30. The largest absolute Gasteiger partial charge is 0.332 e. The van der Waals surface area contributed by atoms with Gasteiger partial charge in [-0.2, -0.15) is 0 Å². The highest BCUT2D eigenvalue weighted by Gasteiger charge is 2.15. The molecule has 0 unspecified atom stereocenters. The Morgan fingerprint density at radius 2 is 2.09 bits per heavy atom. The van der Waals surface area contributed by atoms with Gasteiger partial charge in [0.25, 0.3) is 5.91 Å². The van der Waals surface area contributed by atoms with Crippen LogP contribution in [0.15, 0.2) is 36.5 Å². The molecule has 0 fully saturated rings. The lowest BCUT2D eigenvalue weighted by Gasteiger charge is -2.13. The molecule has 0 saturated carbocycles. The molecule has 1 aromatic heterocycles. The third kappa shape index (κ3) is 4.58. The number of nitrogens with one attached hydrogen (secondary N) is 1. The second-order valence-corrected chi connectivity index (χ2v) is 5.99. The summed E-state index contributed by atoms with van der Waals surface area (Å²) < 4.78 is 0. The summed E-state index contributed by atoms with van der Waals surface area (Å²) in [6.07, 6.45) is 1.56. The van der Waals surface area contributed by atoms with Crippen molar-refractivity contribution in [1.29, 1.82) is 0 Å². The van der Waals surface area contributed by atoms with Crippen molar-refractivity contribution >= 4 is 46.4 Å². The van der Waals surface area contributed by atoms with Gasteiger partial charge in [0, 0.05) is 16.8 Å². The highest BCUT2D eigenvalue weighted by Crippen LogP contribution is 2.24. The topological polar surface area (TPSA) is 58.6 Å². The fraction of sp³-hybridized carbons (Fsp3) is 0.200. The predicted molar refractivity (Wildman–Crippen MR) is 89.5 cm³/mol. The molecule has 1 heterocycles. The van der Waals surface area contributed by atoms with Crippen LogP contribution in [0, 0.1) is 0 Å². The van der Waals surface area contributed by atoms with E-state index in [9.17, 15) is 4.79 Å². The number of pyridine rings is 1. The molecule has 3 N–H and O–H groups in total. The van der Waals surface area contributed by atoms with Crippen LogP contribution in [-0.2, 0) is 4.79 Å². The zero-order valence-corrected chi connectivity index (χ0v) is 14.1. The first-order chi connectivity index (χ1) is 10.5. The molecule has 116 valence electrons. The van der Waals surface area contributed by atoms with Crippen molar-refractivity contribution < 1.29 is 10.1 Å². The lowest BCUT2D eigenvalue weighted by atomic mass is 10.1. The number of hydrogen-bond donors (Lipinski definition) is 2. The van der Waals surface area contributed by atoms with E-state index in [2.05, 4.69) is 10.3 Å². The minimum Gasteiger partial charge on any atom is -0.332 e. The molecule has 2 rings (SSSR count). The van der Waals surface area contributed by atoms with Crippen molar-refractivity contribution in [1.82, 2.24) is 4.98 Å². The second kappa shape index (κ2) is 7.79. The molecule has 0 radical (unpaired) electrons. The Hall–Kier alpha value is -1.33. The first-order valence-electron chi connectivity index (χ1n) is 6.66. The molecule has 4 nitrogen and oxygen atoms in total. The molecule has 0 spiro atoms. The van der Waals surface area contributed by atoms with Crippen molar-refractivity contribution in [3.8, 4) is 0 Å². The molecular formula is C15H15Cl3N3O+. The van der Waals surface area contributed by atoms with Crippen LogP contribution in [0.3, 0.4) is 0 Å². The van der Waals surface area contributed by atoms with E-state index in [0.29, 0.717) is 15.7 Å². The minimum absolute atomic E-state index is 0.0277. The molecular weight excluding hydrogens is 345 g/mol. The zero-order chi connectivity index (χ0) is 16.1. The van der Waals surface area contributed by atoms with Crippen LogP contribution in [0.1, 0.15) is 18.5 Å². The second-order valence-electron chi connectivity index (χ2n) is 4.78. The molecule has 2 aromatic rings. The van der Waals surface area contributed by atoms with Gasteiger partial charge in [-0.05, 0) is 31.2 Å². The number of carbonyl (C=O) groups excluding carboxylic acids is 1. The summed E-state index contributed by atoms with van der Waals surface area (Å²) in [5.74, 6) is -0.160. The van der Waals surface area contributed by atoms with Crippen molar-refractivity contribution in [3.63, 3.8) is 0 Å². The van der Waals surface area contributed by atoms with E-state index < -0.39 is 0 Å². The molecule has 22 heavy (non-hydrogen) atoms. The number of hydrogen-bond acceptors (Lipinski definition) is 2. The molecule has 1 atom stereocenters. The van der Waals surface area contributed by atoms with Gasteiger partial charge in [-0.15, -0.1) is 0 Å². The van der Waals surface area contributed by atoms with Crippen LogP contribution in [0.2, 0.25) is 15.2 Å². The van der Waals surface area contributed by atoms with Gasteiger partial charge >= 0.3 is 0 Å². The third-order valence-electron chi connectivity index (χ3n) is 3.14. The summed E-state index contributed by atoms with van der Waals surface area (Å²) in [5.41, 5.74) is 1.43. The number of aromatic nitrogens is 1. The number of carbonyl (C=O) groups is 1. The van der Waals surface area contributed by atoms with E-state index in [1.165, 1.54) is 0 Å². The van der Waals surface area contributed by atoms with Crippen molar-refractivity contribution in [2.75, 3.05) is 11.9 Å². The van der Waals surface area contributed by atoms with Crippen molar-refractivity contribution in [2.24, 2.45) is 0 Å². The standard InChI is InChI=1S/C15H14Cl3N3O/c1-9(11-5-4-10(16)7-12(11)17)20-8-14(22)21-13-3-2-6-19-15(13)18/h2-7,9,20H,8H2,1H3,(H,21,22)/p+1/t9-/m0/s1. The summed E-state index contributed by atoms with van der Waals surface area (Å²) in [4.78, 5) is 15.9. The van der Waals surface area contributed by atoms with E-state index in [1.807, 2.05) is 18.3 Å². The lowest BCUT2D eigenvalue weighted by Crippen LogP contribution is -2.86. The number of halogens is 3. The highest BCUT2D eigenvalue weighted by molar-refractivity contribution is 6.35. The molecule has 0 bridgehead atoms. The van der Waals surface area contributed by atoms with Gasteiger partial charge in [-0.25, -0.2) is 4.98 Å². The lowest BCUT2D eigenvalue weighted by molar-refractivity contribution is -0.682. The Bertz CT molecular complexity index is 679. The van der Waals surface area contributed by atoms with Gasteiger partial charge in [0.1, 0.15) is 6.04 Å². The summed E-state index contributed by atoms with van der Waals surface area (Å²) in [6, 6.07) is 8.77. The smallest absolute Gasteiger partial charge is 0.279 e. The Kier molecular flexibility index (Phi) is 6.03. The number of anilines is 1. The first-order valence-corrected chi connectivity index (χ1v) is 7.79. The van der Waals surface area contributed by atoms with E-state index in [0.717, 1.165) is 5.56 Å². The summed E-state index contributed by atoms with van der Waals surface area (Å²) in [5, 5.41) is 6.05. The number of quaternary nitrogens is 1. The fourth-order valence-corrected chi connectivity index (χ4v) is 2.71. The van der Waals surface area contributed by atoms with Gasteiger partial charge in [-0.3, -0.25) is 4.79 Å². The Morgan fingerprint density at radius 3 is 2.77 bits per heavy atom. The molecule has 0 aliphatic carbocycles. The Morgan fingerprint density at radius 1 is 1.32 bits per heavy atom. The Balaban J connectivity index is 1.92. The maximum Gasteiger partial charge on any atom is 0.279 e. The number of rotatable bonds is 5. The average molecular weight is 360 g/mol. The van der Waals surface area contributed by atoms with Crippen LogP contribution in [0.5, 0.6) is 0 Å². The Labute approximate surface area is 143 Å². The maximum atomic E-state index is 12.0. The third-order valence-corrected chi connectivity index (χ3v) is 4.01. The van der Waals surface area contributed by atoms with Gasteiger partial charge in [0.2, 0.25) is 0 Å². The number of benzene rings is 1. The summed E-state index contributed by atoms with van der Waals surface area (Å²) in [7, 11) is 0. The zero-order valence-electron chi connectivity index (χ0n) is 11.8. The normalized spacial score (nSPS) is 12.0. The number of amides is 1. The van der Waals surface area contributed by atoms with E-state index in [1.54, 1.807) is 30.5 Å². The van der Waals surface area contributed by atoms with Gasteiger partial charge in [0.15, 0.2) is 11.7 Å². The minimum atomic E-state index is -0.160. The molecule has 0 aliphatic rings. The SMILES string of the molecule is C[C@H]([NH2+]CC(=O)Nc1cccnc1Cl)c1ccc(Cl)cc1Cl. The molecule has 1 amide bonds. The molecule has 7 heteroatoms. The van der Waals surface area contributed by atoms with Gasteiger partial charge < -0.3 is 10.6 Å². The number of nitrogens with two attached hydrogens (primary N) is 1. The van der Waals surface area contributed by atoms with Gasteiger partial charge in [0.05, 0.1) is 10.7 Å². The molecule has 0 aliphatic heterocycles. The van der Waals surface area contributed by atoms with Crippen molar-refractivity contribution in [3.05, 3.63) is 57.3 Å². The fourth-order valence-electron chi connectivity index (χ4n) is 1.96. The monoisotopic (exact) mass is 358 g/mol. The van der Waals surface area contributed by atoms with Crippen LogP contribution < -0.4 is 10.6 Å². The quantitative estimate of drug-likeness (QED) is 0.805. The first kappa shape index (κ1) is 17.0. The van der Waals surface area contributed by atoms with E-state index in [4.69, 9.17) is 34.8 Å². The molecule has 1 aromatic carbocycles. The average Bonchev–Trinajstić information content (AvgIpc) is 2.47. The van der Waals surface area contributed by atoms with Gasteiger partial charge in [-0.1, -0.05) is 40.9 Å². The maximum absolute atomic E-state index is 12.0. The summed E-state index contributed by atoms with van der Waals surface area (Å²) >= 11 is 17.9. The van der Waals surface area contributed by atoms with Crippen LogP contribution >= 0.6 is 34.8 Å². The van der Waals surface area contributed by atoms with Crippen LogP contribution in [-0.4, -0.2) is 17.4 Å². The van der Waals surface area contributed by atoms with E-state index >= 15 is 0 Å².